The van der Waals surface area contributed by atoms with E-state index in [4.69, 9.17) is 0 Å². The van der Waals surface area contributed by atoms with Gasteiger partial charge in [-0.2, -0.15) is 70.2 Å². The Hall–Kier alpha value is -1.45. The summed E-state index contributed by atoms with van der Waals surface area (Å²) in [7, 11) is 0. The Morgan fingerprint density at radius 1 is 0.457 bits per heavy atom. The van der Waals surface area contributed by atoms with Gasteiger partial charge in [-0.05, 0) is 6.42 Å². The third-order valence-corrected chi connectivity index (χ3v) is 5.06. The molecule has 0 rings (SSSR count). The van der Waals surface area contributed by atoms with Crippen LogP contribution >= 0.6 is 0 Å². The van der Waals surface area contributed by atoms with Crippen molar-refractivity contribution in [3.63, 3.8) is 0 Å². The number of carbonyl (C=O) groups excluding carboxylic acids is 1. The average Bonchev–Trinajstić information content (AvgIpc) is 2.70. The summed E-state index contributed by atoms with van der Waals surface area (Å²) in [6, 6.07) is 0. The minimum atomic E-state index is -8.42. The molecule has 1 nitrogen and oxygen atoms in total. The van der Waals surface area contributed by atoms with Gasteiger partial charge in [0.25, 0.3) is 0 Å². The van der Waals surface area contributed by atoms with Crippen LogP contribution in [-0.4, -0.2) is 53.7 Å². The third-order valence-electron chi connectivity index (χ3n) is 5.06. The molecule has 35 heavy (non-hydrogen) atoms. The minimum absolute atomic E-state index is 0.0857. The third kappa shape index (κ3) is 5.47. The second-order valence-electron chi connectivity index (χ2n) is 7.72. The highest BCUT2D eigenvalue weighted by molar-refractivity contribution is 5.49. The van der Waals surface area contributed by atoms with Gasteiger partial charge in [-0.3, -0.25) is 0 Å². The zero-order valence-electron chi connectivity index (χ0n) is 17.7. The van der Waals surface area contributed by atoms with Crippen LogP contribution in [0.4, 0.5) is 70.2 Å². The molecule has 0 N–H and O–H groups in total. The Balaban J connectivity index is 6.35. The van der Waals surface area contributed by atoms with Gasteiger partial charge >= 0.3 is 47.4 Å². The molecule has 0 saturated carbocycles. The quantitative estimate of drug-likeness (QED) is 0.106. The summed E-state index contributed by atoms with van der Waals surface area (Å²) in [6.45, 7) is 1.61. The summed E-state index contributed by atoms with van der Waals surface area (Å²) in [5.41, 5.74) is 0. The lowest BCUT2D eigenvalue weighted by atomic mass is 9.86. The Labute approximate surface area is 188 Å². The molecule has 0 saturated heterocycles. The van der Waals surface area contributed by atoms with Gasteiger partial charge in [0, 0.05) is 19.3 Å². The topological polar surface area (TPSA) is 17.1 Å². The van der Waals surface area contributed by atoms with E-state index in [0.717, 1.165) is 0 Å². The molecule has 210 valence electrons. The predicted molar refractivity (Wildman–Crippen MR) is 88.3 cm³/mol. The maximum absolute atomic E-state index is 13.7. The fraction of sp³-hybridized carbons (Fsp3) is 0.944. The van der Waals surface area contributed by atoms with Gasteiger partial charge in [-0.25, -0.2) is 0 Å². The molecule has 0 aliphatic rings. The molecule has 0 amide bonds. The monoisotopic (exact) mass is 556 g/mol. The van der Waals surface area contributed by atoms with Crippen LogP contribution in [0.25, 0.3) is 0 Å². The van der Waals surface area contributed by atoms with E-state index in [-0.39, 0.29) is 12.8 Å². The molecule has 0 unspecified atom stereocenters. The first-order chi connectivity index (χ1) is 15.4. The molecule has 0 atom stereocenters. The first kappa shape index (κ1) is 33.5. The molecule has 0 heterocycles. The number of unbranched alkanes of at least 4 members (excludes halogenated alkanes) is 4. The van der Waals surface area contributed by atoms with Crippen molar-refractivity contribution in [1.29, 1.82) is 0 Å². The Kier molecular flexibility index (Phi) is 10.1. The standard InChI is InChI=1S/C18H20F16O/c1-2-3-4-5-6-8-11(19,20)13(23,24)15(27,28)17(31,32)18(33,34)16(29,30)14(25,26)12(21,22)9-7-10-35/h10H,2-9H2,1H3. The van der Waals surface area contributed by atoms with E-state index < -0.39 is 79.3 Å². The highest BCUT2D eigenvalue weighted by Crippen LogP contribution is 2.64. The van der Waals surface area contributed by atoms with Crippen LogP contribution in [0.2, 0.25) is 0 Å². The summed E-state index contributed by atoms with van der Waals surface area (Å²) in [5.74, 6) is -60.9. The molecule has 0 aromatic heterocycles. The summed E-state index contributed by atoms with van der Waals surface area (Å²) in [6.07, 6.45) is -7.74. The first-order valence-electron chi connectivity index (χ1n) is 9.83. The average molecular weight is 556 g/mol. The van der Waals surface area contributed by atoms with Crippen LogP contribution in [0.5, 0.6) is 0 Å². The molecule has 0 aromatic carbocycles. The molecule has 17 heteroatoms. The van der Waals surface area contributed by atoms with E-state index in [1.54, 1.807) is 6.92 Å². The van der Waals surface area contributed by atoms with Crippen LogP contribution < -0.4 is 0 Å². The Morgan fingerprint density at radius 2 is 0.771 bits per heavy atom. The molecule has 0 radical (unpaired) electrons. The maximum Gasteiger partial charge on any atom is 0.384 e. The van der Waals surface area contributed by atoms with Crippen molar-refractivity contribution in [2.24, 2.45) is 0 Å². The van der Waals surface area contributed by atoms with Crippen molar-refractivity contribution < 1.29 is 75.0 Å². The maximum atomic E-state index is 13.7. The van der Waals surface area contributed by atoms with Crippen molar-refractivity contribution in [1.82, 2.24) is 0 Å². The van der Waals surface area contributed by atoms with Gasteiger partial charge in [0.2, 0.25) is 0 Å². The van der Waals surface area contributed by atoms with Crippen molar-refractivity contribution in [3.05, 3.63) is 0 Å². The molecule has 0 bridgehead atoms. The van der Waals surface area contributed by atoms with E-state index in [9.17, 15) is 75.0 Å². The lowest BCUT2D eigenvalue weighted by molar-refractivity contribution is -0.453. The molecular weight excluding hydrogens is 536 g/mol. The van der Waals surface area contributed by atoms with Gasteiger partial charge in [0.05, 0.1) is 0 Å². The van der Waals surface area contributed by atoms with Gasteiger partial charge in [-0.15, -0.1) is 0 Å². The van der Waals surface area contributed by atoms with Gasteiger partial charge < -0.3 is 4.79 Å². The fourth-order valence-electron chi connectivity index (χ4n) is 2.75. The fourth-order valence-corrected chi connectivity index (χ4v) is 2.75. The van der Waals surface area contributed by atoms with Gasteiger partial charge in [-0.1, -0.05) is 32.6 Å². The summed E-state index contributed by atoms with van der Waals surface area (Å²) >= 11 is 0. The van der Waals surface area contributed by atoms with Crippen LogP contribution in [0, 0.1) is 0 Å². The Bertz CT molecular complexity index is 701. The lowest BCUT2D eigenvalue weighted by Crippen LogP contribution is -2.74. The molecule has 0 spiro atoms. The number of aldehydes is 1. The van der Waals surface area contributed by atoms with Crippen molar-refractivity contribution >= 4 is 6.29 Å². The van der Waals surface area contributed by atoms with Gasteiger partial charge in [0.1, 0.15) is 6.29 Å². The summed E-state index contributed by atoms with van der Waals surface area (Å²) in [4.78, 5) is 9.96. The molecule has 0 aliphatic heterocycles. The number of rotatable bonds is 16. The number of alkyl halides is 16. The highest BCUT2D eigenvalue weighted by atomic mass is 19.4. The number of hydrogen-bond acceptors (Lipinski definition) is 1. The first-order valence-corrected chi connectivity index (χ1v) is 9.83. The van der Waals surface area contributed by atoms with E-state index in [1.807, 2.05) is 0 Å². The van der Waals surface area contributed by atoms with Crippen molar-refractivity contribution in [2.75, 3.05) is 0 Å². The number of hydrogen-bond donors (Lipinski definition) is 0. The second-order valence-corrected chi connectivity index (χ2v) is 7.72. The van der Waals surface area contributed by atoms with Crippen LogP contribution in [0.15, 0.2) is 0 Å². The summed E-state index contributed by atoms with van der Waals surface area (Å²) < 4.78 is 218. The Morgan fingerprint density at radius 3 is 1.11 bits per heavy atom. The summed E-state index contributed by atoms with van der Waals surface area (Å²) in [5, 5.41) is 0. The predicted octanol–water partition coefficient (Wildman–Crippen LogP) is 8.41. The zero-order valence-corrected chi connectivity index (χ0v) is 17.7. The largest absolute Gasteiger partial charge is 0.384 e. The lowest BCUT2D eigenvalue weighted by Gasteiger charge is -2.43. The number of halogens is 16. The number of carbonyl (C=O) groups is 1. The van der Waals surface area contributed by atoms with E-state index in [2.05, 4.69) is 0 Å². The molecule has 0 aliphatic carbocycles. The van der Waals surface area contributed by atoms with E-state index in [0.29, 0.717) is 12.8 Å². The van der Waals surface area contributed by atoms with Crippen molar-refractivity contribution in [2.45, 2.75) is 106 Å². The highest BCUT2D eigenvalue weighted by Gasteiger charge is 2.94. The zero-order chi connectivity index (χ0) is 28.4. The molecule has 0 fully saturated rings. The molecular formula is C18H20F16O. The van der Waals surface area contributed by atoms with E-state index >= 15 is 0 Å². The van der Waals surface area contributed by atoms with Crippen LogP contribution in [-0.2, 0) is 4.79 Å². The normalized spacial score (nSPS) is 15.5. The van der Waals surface area contributed by atoms with Crippen molar-refractivity contribution in [3.8, 4) is 0 Å². The second kappa shape index (κ2) is 10.5. The smallest absolute Gasteiger partial charge is 0.303 e. The van der Waals surface area contributed by atoms with Gasteiger partial charge in [0.15, 0.2) is 0 Å². The van der Waals surface area contributed by atoms with Crippen LogP contribution in [0.1, 0.15) is 58.3 Å². The molecule has 0 aromatic rings. The minimum Gasteiger partial charge on any atom is -0.303 e. The van der Waals surface area contributed by atoms with E-state index in [1.165, 1.54) is 0 Å². The SMILES string of the molecule is CCCCCCCC(F)(F)C(F)(F)C(F)(F)C(F)(F)C(F)(F)C(F)(F)C(F)(F)C(F)(F)CCC=O. The van der Waals surface area contributed by atoms with Crippen LogP contribution in [0.3, 0.4) is 0 Å².